The molecule has 1 atom stereocenters. The average molecular weight is 771 g/mol. The van der Waals surface area contributed by atoms with Crippen molar-refractivity contribution < 1.29 is 33.4 Å². The molecule has 57 heavy (non-hydrogen) atoms. The number of hydrogen-bond acceptors (Lipinski definition) is 7. The van der Waals surface area contributed by atoms with Gasteiger partial charge in [0.05, 0.1) is 29.0 Å². The summed E-state index contributed by atoms with van der Waals surface area (Å²) in [6.07, 6.45) is 3.12. The fraction of sp³-hybridized carbons (Fsp3) is 0.311. The summed E-state index contributed by atoms with van der Waals surface area (Å²) < 4.78 is 22.0. The van der Waals surface area contributed by atoms with Crippen LogP contribution in [-0.2, 0) is 28.8 Å². The predicted molar refractivity (Wildman–Crippen MR) is 213 cm³/mol. The van der Waals surface area contributed by atoms with Gasteiger partial charge in [-0.3, -0.25) is 24.0 Å². The summed E-state index contributed by atoms with van der Waals surface area (Å²) in [5, 5.41) is 14.1. The van der Waals surface area contributed by atoms with Gasteiger partial charge in [-0.25, -0.2) is 4.39 Å². The van der Waals surface area contributed by atoms with E-state index in [4.69, 9.17) is 4.74 Å². The molecule has 0 bridgehead atoms. The number of nitrogens with one attached hydrogen (secondary N) is 2. The number of amides is 2. The molecule has 1 aliphatic heterocycles. The number of ether oxygens (including phenoxy) is 1. The summed E-state index contributed by atoms with van der Waals surface area (Å²) in [6, 6.07) is 14.3. The highest BCUT2D eigenvalue weighted by molar-refractivity contribution is 6.08. The van der Waals surface area contributed by atoms with E-state index in [9.17, 15) is 33.5 Å². The minimum atomic E-state index is -1.21. The SMILES string of the molecule is Cc1cc(F)cc(C)c1Oc1ccc(C(C)(C)O)cc1-c1cn(C)c(=O)c2cc(C(=O)NCCCC#Cc3cccc4c3CN(C3CCC(=O)CC3=O)C4=O)[nH]c12. The third kappa shape index (κ3) is 7.76. The van der Waals surface area contributed by atoms with Gasteiger partial charge in [0.25, 0.3) is 17.4 Å². The number of aromatic nitrogens is 2. The summed E-state index contributed by atoms with van der Waals surface area (Å²) >= 11 is 0. The molecule has 2 aromatic heterocycles. The van der Waals surface area contributed by atoms with E-state index in [1.807, 2.05) is 6.07 Å². The van der Waals surface area contributed by atoms with Crippen LogP contribution in [0.5, 0.6) is 11.5 Å². The number of H-pyrrole nitrogens is 1. The summed E-state index contributed by atoms with van der Waals surface area (Å²) in [4.78, 5) is 69.0. The monoisotopic (exact) mass is 770 g/mol. The molecule has 1 aliphatic carbocycles. The summed E-state index contributed by atoms with van der Waals surface area (Å²) in [5.41, 5.74) is 3.94. The summed E-state index contributed by atoms with van der Waals surface area (Å²) in [5.74, 6) is 5.84. The normalized spacial score (nSPS) is 15.5. The van der Waals surface area contributed by atoms with Crippen LogP contribution in [0.4, 0.5) is 4.39 Å². The van der Waals surface area contributed by atoms with Crippen LogP contribution in [0.2, 0.25) is 0 Å². The van der Waals surface area contributed by atoms with Gasteiger partial charge in [0, 0.05) is 61.4 Å². The Hall–Kier alpha value is -6.32. The highest BCUT2D eigenvalue weighted by Crippen LogP contribution is 2.41. The van der Waals surface area contributed by atoms with Gasteiger partial charge >= 0.3 is 0 Å². The largest absolute Gasteiger partial charge is 0.456 e. The number of aromatic amines is 1. The number of benzene rings is 3. The van der Waals surface area contributed by atoms with Crippen molar-refractivity contribution in [1.82, 2.24) is 19.8 Å². The number of halogens is 1. The number of Topliss-reactive ketones (excluding diaryl/α,β-unsaturated/α-hetero) is 2. The fourth-order valence-electron chi connectivity index (χ4n) is 7.59. The van der Waals surface area contributed by atoms with Crippen LogP contribution in [0.25, 0.3) is 22.0 Å². The van der Waals surface area contributed by atoms with Crippen LogP contribution in [0.3, 0.4) is 0 Å². The lowest BCUT2D eigenvalue weighted by Gasteiger charge is -2.29. The average Bonchev–Trinajstić information content (AvgIpc) is 3.75. The molecule has 0 spiro atoms. The van der Waals surface area contributed by atoms with E-state index in [2.05, 4.69) is 22.1 Å². The zero-order chi connectivity index (χ0) is 40.8. The van der Waals surface area contributed by atoms with Gasteiger partial charge in [-0.1, -0.05) is 24.0 Å². The predicted octanol–water partition coefficient (Wildman–Crippen LogP) is 6.52. The molecule has 1 unspecified atom stereocenters. The van der Waals surface area contributed by atoms with Crippen LogP contribution in [0.1, 0.15) is 94.6 Å². The minimum Gasteiger partial charge on any atom is -0.456 e. The zero-order valence-corrected chi connectivity index (χ0v) is 32.5. The second-order valence-corrected chi connectivity index (χ2v) is 15.3. The lowest BCUT2D eigenvalue weighted by Crippen LogP contribution is -2.44. The number of rotatable bonds is 9. The van der Waals surface area contributed by atoms with Crippen LogP contribution < -0.4 is 15.6 Å². The van der Waals surface area contributed by atoms with Gasteiger partial charge < -0.3 is 29.6 Å². The highest BCUT2D eigenvalue weighted by atomic mass is 19.1. The Morgan fingerprint density at radius 1 is 1.04 bits per heavy atom. The topological polar surface area (TPSA) is 151 Å². The van der Waals surface area contributed by atoms with Crippen molar-refractivity contribution in [1.29, 1.82) is 0 Å². The Morgan fingerprint density at radius 2 is 1.79 bits per heavy atom. The van der Waals surface area contributed by atoms with Crippen LogP contribution >= 0.6 is 0 Å². The van der Waals surface area contributed by atoms with Crippen molar-refractivity contribution in [3.05, 3.63) is 116 Å². The summed E-state index contributed by atoms with van der Waals surface area (Å²) in [7, 11) is 1.62. The second kappa shape index (κ2) is 15.3. The molecule has 0 radical (unpaired) electrons. The van der Waals surface area contributed by atoms with Gasteiger partial charge in [-0.15, -0.1) is 0 Å². The van der Waals surface area contributed by atoms with E-state index >= 15 is 0 Å². The molecule has 12 heteroatoms. The molecule has 5 aromatic rings. The Balaban J connectivity index is 1.08. The molecule has 2 amide bonds. The number of pyridine rings is 1. The molecule has 3 heterocycles. The number of hydrogen-bond donors (Lipinski definition) is 3. The van der Waals surface area contributed by atoms with Crippen LogP contribution in [0.15, 0.2) is 65.6 Å². The molecule has 1 saturated carbocycles. The molecule has 0 saturated heterocycles. The zero-order valence-electron chi connectivity index (χ0n) is 32.5. The van der Waals surface area contributed by atoms with Crippen molar-refractivity contribution in [3.8, 4) is 34.5 Å². The van der Waals surface area contributed by atoms with Crippen molar-refractivity contribution in [2.45, 2.75) is 78.0 Å². The van der Waals surface area contributed by atoms with E-state index < -0.39 is 17.6 Å². The van der Waals surface area contributed by atoms with E-state index in [1.165, 1.54) is 22.8 Å². The number of unbranched alkanes of at least 4 members (excludes halogenated alkanes) is 1. The number of carbonyl (C=O) groups excluding carboxylic acids is 4. The third-order valence-electron chi connectivity index (χ3n) is 10.6. The number of ketones is 2. The van der Waals surface area contributed by atoms with Crippen molar-refractivity contribution >= 4 is 34.3 Å². The van der Waals surface area contributed by atoms with Crippen molar-refractivity contribution in [2.24, 2.45) is 7.05 Å². The lowest BCUT2D eigenvalue weighted by molar-refractivity contribution is -0.133. The smallest absolute Gasteiger partial charge is 0.267 e. The highest BCUT2D eigenvalue weighted by Gasteiger charge is 2.39. The molecular weight excluding hydrogens is 728 g/mol. The first-order valence-corrected chi connectivity index (χ1v) is 18.9. The maximum atomic E-state index is 14.1. The first-order valence-electron chi connectivity index (χ1n) is 18.9. The van der Waals surface area contributed by atoms with Crippen molar-refractivity contribution in [2.75, 3.05) is 6.54 Å². The first-order chi connectivity index (χ1) is 27.1. The fourth-order valence-corrected chi connectivity index (χ4v) is 7.59. The Morgan fingerprint density at radius 3 is 2.51 bits per heavy atom. The Bertz CT molecular complexity index is 2600. The maximum absolute atomic E-state index is 14.1. The number of aliphatic hydroxyl groups is 1. The van der Waals surface area contributed by atoms with E-state index in [-0.39, 0.29) is 59.3 Å². The molecule has 3 aromatic carbocycles. The lowest BCUT2D eigenvalue weighted by atomic mass is 9.92. The number of aryl methyl sites for hydroxylation is 3. The van der Waals surface area contributed by atoms with E-state index in [1.54, 1.807) is 76.2 Å². The number of carbonyl (C=O) groups is 4. The van der Waals surface area contributed by atoms with Gasteiger partial charge in [-0.2, -0.15) is 0 Å². The number of fused-ring (bicyclic) bond motifs is 2. The Labute approximate surface area is 328 Å². The van der Waals surface area contributed by atoms with E-state index in [0.717, 1.165) is 5.56 Å². The van der Waals surface area contributed by atoms with Gasteiger partial charge in [-0.05, 0) is 105 Å². The van der Waals surface area contributed by atoms with Gasteiger partial charge in [0.2, 0.25) is 0 Å². The molecular formula is C45H43FN4O7. The van der Waals surface area contributed by atoms with E-state index in [0.29, 0.717) is 81.8 Å². The molecule has 3 N–H and O–H groups in total. The Kier molecular flexibility index (Phi) is 10.5. The molecule has 292 valence electrons. The molecule has 11 nitrogen and oxygen atoms in total. The summed E-state index contributed by atoms with van der Waals surface area (Å²) in [6.45, 7) is 7.40. The quantitative estimate of drug-likeness (QED) is 0.0878. The van der Waals surface area contributed by atoms with Crippen LogP contribution in [0, 0.1) is 31.5 Å². The number of nitrogens with zero attached hydrogens (tertiary/aromatic N) is 2. The van der Waals surface area contributed by atoms with Gasteiger partial charge in [0.1, 0.15) is 28.8 Å². The standard InChI is InChI=1S/C45H43FN4O7/c1-25-18-29(46)19-26(2)41(25)57-39-16-13-28(45(3,4)56)20-32(39)35-23-49(5)43(54)33-22-36(48-40(33)35)42(53)47-17-8-6-7-10-27-11-9-12-31-34(27)24-50(44(31)55)37-15-14-30(51)21-38(37)52/h9,11-13,16,18-20,22-23,37,48,56H,6,8,14-15,17,21,24H2,1-5H3,(H,47,53). The first kappa shape index (κ1) is 38.9. The minimum absolute atomic E-state index is 0.0929. The molecule has 7 rings (SSSR count). The maximum Gasteiger partial charge on any atom is 0.267 e. The third-order valence-corrected chi connectivity index (χ3v) is 10.6. The van der Waals surface area contributed by atoms with Gasteiger partial charge in [0.15, 0.2) is 5.78 Å². The van der Waals surface area contributed by atoms with Crippen molar-refractivity contribution in [3.63, 3.8) is 0 Å². The molecule has 2 aliphatic rings. The second-order valence-electron chi connectivity index (χ2n) is 15.3. The van der Waals surface area contributed by atoms with Crippen LogP contribution in [-0.4, -0.2) is 55.5 Å². The molecule has 1 fully saturated rings.